The van der Waals surface area contributed by atoms with Crippen LogP contribution in [0.2, 0.25) is 0 Å². The first-order valence-corrected chi connectivity index (χ1v) is 11.7. The number of nitrogens with zero attached hydrogens (tertiary/aromatic N) is 4. The van der Waals surface area contributed by atoms with Gasteiger partial charge in [0.1, 0.15) is 23.0 Å². The van der Waals surface area contributed by atoms with Crippen LogP contribution in [0.4, 0.5) is 5.82 Å². The Hall–Kier alpha value is -3.72. The normalized spacial score (nSPS) is 14.9. The summed E-state index contributed by atoms with van der Waals surface area (Å²) < 4.78 is 5.21. The number of piperazine rings is 1. The molecule has 0 bridgehead atoms. The molecule has 1 aliphatic heterocycles. The Balaban J connectivity index is 1.29. The van der Waals surface area contributed by atoms with Crippen LogP contribution in [0.3, 0.4) is 0 Å². The lowest BCUT2D eigenvalue weighted by molar-refractivity contribution is -0.133. The number of hydrogen-bond donors (Lipinski definition) is 1. The maximum Gasteiger partial charge on any atom is 0.287 e. The zero-order valence-corrected chi connectivity index (χ0v) is 18.7. The van der Waals surface area contributed by atoms with E-state index in [9.17, 15) is 9.59 Å². The summed E-state index contributed by atoms with van der Waals surface area (Å²) in [5, 5.41) is 5.92. The molecule has 4 heterocycles. The number of thiophene rings is 1. The van der Waals surface area contributed by atoms with Gasteiger partial charge in [0.05, 0.1) is 11.6 Å². The fourth-order valence-electron chi connectivity index (χ4n) is 4.07. The number of amides is 2. The first-order chi connectivity index (χ1) is 16.2. The number of furan rings is 1. The monoisotopic (exact) mass is 461 g/mol. The molecule has 33 heavy (non-hydrogen) atoms. The molecule has 4 aromatic rings. The predicted octanol–water partition coefficient (Wildman–Crippen LogP) is 2.97. The summed E-state index contributed by atoms with van der Waals surface area (Å²) in [7, 11) is 0. The average molecular weight is 462 g/mol. The molecule has 1 unspecified atom stereocenters. The van der Waals surface area contributed by atoms with Gasteiger partial charge >= 0.3 is 0 Å². The third-order valence-electron chi connectivity index (χ3n) is 5.76. The molecule has 0 radical (unpaired) electrons. The Morgan fingerprint density at radius 3 is 2.61 bits per heavy atom. The summed E-state index contributed by atoms with van der Waals surface area (Å²) in [5.74, 6) is 0.602. The smallest absolute Gasteiger partial charge is 0.287 e. The Morgan fingerprint density at radius 1 is 1.03 bits per heavy atom. The van der Waals surface area contributed by atoms with Crippen molar-refractivity contribution in [3.05, 3.63) is 77.8 Å². The van der Waals surface area contributed by atoms with Crippen molar-refractivity contribution in [2.24, 2.45) is 0 Å². The van der Waals surface area contributed by atoms with E-state index >= 15 is 0 Å². The van der Waals surface area contributed by atoms with Gasteiger partial charge in [-0.15, -0.1) is 11.3 Å². The first-order valence-electron chi connectivity index (χ1n) is 10.8. The van der Waals surface area contributed by atoms with Crippen molar-refractivity contribution in [3.63, 3.8) is 0 Å². The SMILES string of the molecule is O=C(NC(Cc1ccccc1)C(=O)N1CCN(c2ncnc3sccc23)CC1)c1ccco1. The zero-order valence-electron chi connectivity index (χ0n) is 17.9. The minimum Gasteiger partial charge on any atom is -0.459 e. The second-order valence-electron chi connectivity index (χ2n) is 7.84. The van der Waals surface area contributed by atoms with Gasteiger partial charge < -0.3 is 19.5 Å². The zero-order chi connectivity index (χ0) is 22.6. The fraction of sp³-hybridized carbons (Fsp3) is 0.250. The molecule has 2 amide bonds. The molecule has 1 saturated heterocycles. The summed E-state index contributed by atoms with van der Waals surface area (Å²) in [6, 6.07) is 14.3. The maximum absolute atomic E-state index is 13.5. The van der Waals surface area contributed by atoms with E-state index in [4.69, 9.17) is 4.42 Å². The molecule has 0 spiro atoms. The average Bonchev–Trinajstić information content (AvgIpc) is 3.56. The summed E-state index contributed by atoms with van der Waals surface area (Å²) in [6.07, 6.45) is 3.44. The molecule has 5 rings (SSSR count). The van der Waals surface area contributed by atoms with Gasteiger partial charge in [0.2, 0.25) is 5.91 Å². The Kier molecular flexibility index (Phi) is 6.03. The van der Waals surface area contributed by atoms with E-state index in [0.29, 0.717) is 32.6 Å². The summed E-state index contributed by atoms with van der Waals surface area (Å²) in [4.78, 5) is 39.9. The number of aromatic nitrogens is 2. The molecule has 0 aliphatic carbocycles. The third-order valence-corrected chi connectivity index (χ3v) is 6.58. The molecule has 1 fully saturated rings. The van der Waals surface area contributed by atoms with Crippen LogP contribution in [0, 0.1) is 0 Å². The van der Waals surface area contributed by atoms with E-state index in [1.165, 1.54) is 6.26 Å². The van der Waals surface area contributed by atoms with Crippen LogP contribution in [0.1, 0.15) is 16.1 Å². The van der Waals surface area contributed by atoms with E-state index in [1.807, 2.05) is 46.7 Å². The molecule has 1 N–H and O–H groups in total. The van der Waals surface area contributed by atoms with Gasteiger partial charge in [-0.25, -0.2) is 9.97 Å². The molecule has 3 aromatic heterocycles. The Bertz CT molecular complexity index is 1230. The molecule has 8 nitrogen and oxygen atoms in total. The number of fused-ring (bicyclic) bond motifs is 1. The minimum absolute atomic E-state index is 0.0956. The van der Waals surface area contributed by atoms with E-state index in [0.717, 1.165) is 21.6 Å². The van der Waals surface area contributed by atoms with Crippen molar-refractivity contribution in [3.8, 4) is 0 Å². The molecule has 9 heteroatoms. The number of benzene rings is 1. The largest absolute Gasteiger partial charge is 0.459 e. The molecule has 168 valence electrons. The van der Waals surface area contributed by atoms with Crippen LogP contribution < -0.4 is 10.2 Å². The van der Waals surface area contributed by atoms with Gasteiger partial charge in [-0.2, -0.15) is 0 Å². The quantitative estimate of drug-likeness (QED) is 0.475. The molecule has 1 atom stereocenters. The van der Waals surface area contributed by atoms with Gasteiger partial charge in [0.15, 0.2) is 5.76 Å². The van der Waals surface area contributed by atoms with Crippen LogP contribution in [-0.2, 0) is 11.2 Å². The number of carbonyl (C=O) groups is 2. The van der Waals surface area contributed by atoms with Crippen LogP contribution in [0.5, 0.6) is 0 Å². The van der Waals surface area contributed by atoms with Crippen LogP contribution in [0.25, 0.3) is 10.2 Å². The predicted molar refractivity (Wildman–Crippen MR) is 126 cm³/mol. The van der Waals surface area contributed by atoms with E-state index in [1.54, 1.807) is 29.8 Å². The molecule has 0 saturated carbocycles. The summed E-state index contributed by atoms with van der Waals surface area (Å²) in [5.41, 5.74) is 0.982. The Labute approximate surface area is 194 Å². The Morgan fingerprint density at radius 2 is 1.85 bits per heavy atom. The standard InChI is InChI=1S/C24H23N5O3S/c30-22(20-7-4-13-32-20)27-19(15-17-5-2-1-3-6-17)24(31)29-11-9-28(10-12-29)21-18-8-14-33-23(18)26-16-25-21/h1-8,13-14,16,19H,9-12,15H2,(H,27,30). The van der Waals surface area contributed by atoms with Crippen molar-refractivity contribution in [2.45, 2.75) is 12.5 Å². The van der Waals surface area contributed by atoms with Crippen LogP contribution in [0.15, 0.2) is 70.9 Å². The van der Waals surface area contributed by atoms with Gasteiger partial charge in [0, 0.05) is 32.6 Å². The second kappa shape index (κ2) is 9.41. The van der Waals surface area contributed by atoms with Crippen LogP contribution in [-0.4, -0.2) is 58.9 Å². The molecule has 1 aromatic carbocycles. The first kappa shape index (κ1) is 21.1. The highest BCUT2D eigenvalue weighted by atomic mass is 32.1. The van der Waals surface area contributed by atoms with Gasteiger partial charge in [0.25, 0.3) is 5.91 Å². The second-order valence-corrected chi connectivity index (χ2v) is 8.74. The summed E-state index contributed by atoms with van der Waals surface area (Å²) in [6.45, 7) is 2.43. The van der Waals surface area contributed by atoms with E-state index in [-0.39, 0.29) is 11.7 Å². The molecular weight excluding hydrogens is 438 g/mol. The third kappa shape index (κ3) is 4.58. The maximum atomic E-state index is 13.5. The van der Waals surface area contributed by atoms with Crippen molar-refractivity contribution in [1.29, 1.82) is 0 Å². The number of hydrogen-bond acceptors (Lipinski definition) is 7. The van der Waals surface area contributed by atoms with Crippen molar-refractivity contribution >= 4 is 39.2 Å². The number of carbonyl (C=O) groups excluding carboxylic acids is 2. The lowest BCUT2D eigenvalue weighted by atomic mass is 10.0. The number of anilines is 1. The highest BCUT2D eigenvalue weighted by Crippen LogP contribution is 2.27. The highest BCUT2D eigenvalue weighted by Gasteiger charge is 2.30. The molecule has 1 aliphatic rings. The van der Waals surface area contributed by atoms with Gasteiger partial charge in [-0.1, -0.05) is 30.3 Å². The highest BCUT2D eigenvalue weighted by molar-refractivity contribution is 7.16. The lowest BCUT2D eigenvalue weighted by Gasteiger charge is -2.37. The number of rotatable bonds is 6. The van der Waals surface area contributed by atoms with Crippen molar-refractivity contribution in [2.75, 3.05) is 31.1 Å². The van der Waals surface area contributed by atoms with E-state index < -0.39 is 11.9 Å². The van der Waals surface area contributed by atoms with Gasteiger partial charge in [-0.3, -0.25) is 9.59 Å². The lowest BCUT2D eigenvalue weighted by Crippen LogP contribution is -2.55. The van der Waals surface area contributed by atoms with Gasteiger partial charge in [-0.05, 0) is 29.1 Å². The summed E-state index contributed by atoms with van der Waals surface area (Å²) >= 11 is 1.59. The number of nitrogens with one attached hydrogen (secondary N) is 1. The van der Waals surface area contributed by atoms with Crippen LogP contribution >= 0.6 is 11.3 Å². The minimum atomic E-state index is -0.681. The molecular formula is C24H23N5O3S. The topological polar surface area (TPSA) is 91.6 Å². The van der Waals surface area contributed by atoms with Crippen molar-refractivity contribution < 1.29 is 14.0 Å². The van der Waals surface area contributed by atoms with E-state index in [2.05, 4.69) is 20.2 Å². The fourth-order valence-corrected chi connectivity index (χ4v) is 4.80. The van der Waals surface area contributed by atoms with Crippen molar-refractivity contribution in [1.82, 2.24) is 20.2 Å².